The highest BCUT2D eigenvalue weighted by Gasteiger charge is 2.44. The van der Waals surface area contributed by atoms with E-state index < -0.39 is 0 Å². The van der Waals surface area contributed by atoms with E-state index >= 15 is 0 Å². The number of hydrogen-bond acceptors (Lipinski definition) is 3. The molecule has 0 saturated carbocycles. The summed E-state index contributed by atoms with van der Waals surface area (Å²) in [4.78, 5) is 8.45. The topological polar surface area (TPSA) is 50.5 Å². The molecule has 0 amide bonds. The number of hydrogen-bond donors (Lipinski definition) is 1. The molecule has 0 aromatic carbocycles. The Kier molecular flexibility index (Phi) is 5.64. The molecular formula is C27H34N2O2. The number of nitrogens with zero attached hydrogens (tertiary/aromatic N) is 1. The van der Waals surface area contributed by atoms with Gasteiger partial charge < -0.3 is 14.1 Å². The molecule has 2 aliphatic carbocycles. The number of H-pyrrole nitrogens is 1. The maximum absolute atomic E-state index is 6.50. The van der Waals surface area contributed by atoms with Crippen molar-refractivity contribution in [1.29, 1.82) is 0 Å². The van der Waals surface area contributed by atoms with Gasteiger partial charge in [0.2, 0.25) is 0 Å². The number of methoxy groups -OCH3 is 1. The van der Waals surface area contributed by atoms with Crippen LogP contribution < -0.4 is 4.74 Å². The number of allylic oxidation sites excluding steroid dienone is 3. The molecule has 2 atom stereocenters. The van der Waals surface area contributed by atoms with E-state index in [1.54, 1.807) is 7.11 Å². The number of aromatic amines is 1. The predicted octanol–water partition coefficient (Wildman–Crippen LogP) is 7.41. The smallest absolute Gasteiger partial charge is 0.175 e. The highest BCUT2D eigenvalue weighted by atomic mass is 16.5. The Morgan fingerprint density at radius 1 is 1.13 bits per heavy atom. The molecule has 4 nitrogen and oxygen atoms in total. The molecule has 2 aliphatic heterocycles. The van der Waals surface area contributed by atoms with Gasteiger partial charge in [0.25, 0.3) is 0 Å². The first-order chi connectivity index (χ1) is 15.2. The van der Waals surface area contributed by atoms with Gasteiger partial charge in [0, 0.05) is 23.5 Å². The molecule has 31 heavy (non-hydrogen) atoms. The summed E-state index contributed by atoms with van der Waals surface area (Å²) in [5.74, 6) is 4.00. The lowest BCUT2D eigenvalue weighted by molar-refractivity contribution is 0.341. The van der Waals surface area contributed by atoms with Gasteiger partial charge in [-0.05, 0) is 60.8 Å². The molecule has 1 N–H and O–H groups in total. The molecule has 2 aromatic heterocycles. The number of ether oxygens (including phenoxy) is 1. The molecule has 0 fully saturated rings. The van der Waals surface area contributed by atoms with Crippen LogP contribution in [0.25, 0.3) is 17.0 Å². The van der Waals surface area contributed by atoms with Crippen LogP contribution in [0.4, 0.5) is 0 Å². The number of nitrogens with one attached hydrogen (secondary N) is 1. The van der Waals surface area contributed by atoms with E-state index in [1.807, 2.05) is 24.4 Å². The lowest BCUT2D eigenvalue weighted by atomic mass is 9.77. The fraction of sp³-hybridized carbons (Fsp3) is 0.519. The molecule has 0 saturated heterocycles. The third kappa shape index (κ3) is 3.71. The first-order valence-electron chi connectivity index (χ1n) is 12.0. The summed E-state index contributed by atoms with van der Waals surface area (Å²) in [6, 6.07) is 6.05. The number of furan rings is 1. The Hall–Kier alpha value is -2.49. The summed E-state index contributed by atoms with van der Waals surface area (Å²) in [5.41, 5.74) is 6.10. The van der Waals surface area contributed by atoms with Crippen molar-refractivity contribution in [3.8, 4) is 17.2 Å². The maximum atomic E-state index is 6.50. The Labute approximate surface area is 185 Å². The van der Waals surface area contributed by atoms with Gasteiger partial charge in [-0.25, -0.2) is 0 Å². The number of rotatable bonds is 4. The number of aromatic nitrogens is 1. The van der Waals surface area contributed by atoms with E-state index in [2.05, 4.69) is 24.9 Å². The monoisotopic (exact) mass is 418 g/mol. The molecule has 164 valence electrons. The summed E-state index contributed by atoms with van der Waals surface area (Å²) < 4.78 is 12.3. The van der Waals surface area contributed by atoms with Crippen LogP contribution in [0.2, 0.25) is 0 Å². The summed E-state index contributed by atoms with van der Waals surface area (Å²) in [5, 5.41) is 0. The molecule has 4 heterocycles. The van der Waals surface area contributed by atoms with Gasteiger partial charge in [0.05, 0.1) is 18.5 Å². The first kappa shape index (κ1) is 20.4. The molecular weight excluding hydrogens is 384 g/mol. The second-order valence-electron chi connectivity index (χ2n) is 9.59. The van der Waals surface area contributed by atoms with Crippen molar-refractivity contribution in [2.45, 2.75) is 65.2 Å². The zero-order valence-electron chi connectivity index (χ0n) is 19.0. The van der Waals surface area contributed by atoms with Gasteiger partial charge in [-0.3, -0.25) is 4.99 Å². The highest BCUT2D eigenvalue weighted by Crippen LogP contribution is 2.55. The standard InChI is InChI=1S/C27H34N2O2/c1-17(2)24-19-12-9-7-5-4-6-8-11-18-15-20(24)26(29-18)25(19)27-23(30-3)16-22(31-27)21-13-10-14-28-21/h10,13-17,19,24,28H,4-9,11-12H2,1-3H3. The first-order valence-corrected chi connectivity index (χ1v) is 12.0. The molecule has 4 bridgehead atoms. The van der Waals surface area contributed by atoms with Gasteiger partial charge in [-0.2, -0.15) is 0 Å². The van der Waals surface area contributed by atoms with Crippen molar-refractivity contribution < 1.29 is 9.15 Å². The van der Waals surface area contributed by atoms with Gasteiger partial charge in [-0.15, -0.1) is 0 Å². The van der Waals surface area contributed by atoms with Crippen molar-refractivity contribution in [1.82, 2.24) is 4.98 Å². The minimum Gasteiger partial charge on any atom is -0.493 e. The van der Waals surface area contributed by atoms with Crippen LogP contribution in [0.15, 0.2) is 51.2 Å². The normalized spacial score (nSPS) is 24.1. The molecule has 0 radical (unpaired) electrons. The van der Waals surface area contributed by atoms with E-state index in [-0.39, 0.29) is 0 Å². The van der Waals surface area contributed by atoms with Crippen LogP contribution >= 0.6 is 0 Å². The quantitative estimate of drug-likeness (QED) is 0.562. The van der Waals surface area contributed by atoms with Crippen molar-refractivity contribution in [3.63, 3.8) is 0 Å². The minimum atomic E-state index is 0.434. The van der Waals surface area contributed by atoms with Gasteiger partial charge in [0.15, 0.2) is 17.3 Å². The second-order valence-corrected chi connectivity index (χ2v) is 9.59. The summed E-state index contributed by atoms with van der Waals surface area (Å²) >= 11 is 0. The Balaban J connectivity index is 1.64. The van der Waals surface area contributed by atoms with E-state index in [0.29, 0.717) is 17.8 Å². The second kappa shape index (κ2) is 8.57. The van der Waals surface area contributed by atoms with Crippen LogP contribution in [0.5, 0.6) is 5.75 Å². The molecule has 0 spiro atoms. The molecule has 6 rings (SSSR count). The third-order valence-corrected chi connectivity index (χ3v) is 7.21. The fourth-order valence-electron chi connectivity index (χ4n) is 5.79. The molecule has 2 aromatic rings. The van der Waals surface area contributed by atoms with Crippen LogP contribution in [-0.2, 0) is 0 Å². The Morgan fingerprint density at radius 2 is 1.94 bits per heavy atom. The molecule has 4 aliphatic rings. The average molecular weight is 419 g/mol. The largest absolute Gasteiger partial charge is 0.493 e. The lowest BCUT2D eigenvalue weighted by Crippen LogP contribution is -2.19. The lowest BCUT2D eigenvalue weighted by Gasteiger charge is -2.26. The maximum Gasteiger partial charge on any atom is 0.175 e. The van der Waals surface area contributed by atoms with Crippen LogP contribution in [0, 0.1) is 17.8 Å². The predicted molar refractivity (Wildman–Crippen MR) is 126 cm³/mol. The van der Waals surface area contributed by atoms with Crippen molar-refractivity contribution in [2.24, 2.45) is 22.7 Å². The fourth-order valence-corrected chi connectivity index (χ4v) is 5.79. The summed E-state index contributed by atoms with van der Waals surface area (Å²) in [6.45, 7) is 4.72. The van der Waals surface area contributed by atoms with Crippen molar-refractivity contribution in [2.75, 3.05) is 7.11 Å². The Bertz CT molecular complexity index is 1020. The zero-order chi connectivity index (χ0) is 21.4. The summed E-state index contributed by atoms with van der Waals surface area (Å²) in [6.07, 6.45) is 14.4. The molecule has 2 unspecified atom stereocenters. The number of fused-ring (bicyclic) bond motifs is 7. The van der Waals surface area contributed by atoms with Crippen molar-refractivity contribution >= 4 is 11.3 Å². The van der Waals surface area contributed by atoms with Gasteiger partial charge in [0.1, 0.15) is 0 Å². The summed E-state index contributed by atoms with van der Waals surface area (Å²) in [7, 11) is 1.74. The van der Waals surface area contributed by atoms with E-state index in [1.165, 1.54) is 67.5 Å². The third-order valence-electron chi connectivity index (χ3n) is 7.21. The van der Waals surface area contributed by atoms with Gasteiger partial charge >= 0.3 is 0 Å². The van der Waals surface area contributed by atoms with Crippen LogP contribution in [0.3, 0.4) is 0 Å². The van der Waals surface area contributed by atoms with Gasteiger partial charge in [-0.1, -0.05) is 46.0 Å². The zero-order valence-corrected chi connectivity index (χ0v) is 19.0. The minimum absolute atomic E-state index is 0.434. The van der Waals surface area contributed by atoms with E-state index in [4.69, 9.17) is 14.1 Å². The SMILES string of the molecule is COc1cc(-c2ccc[nH]2)oc1C1=C2N=C3C=C2C(C(C)C)C1CCCCCCCC3. The van der Waals surface area contributed by atoms with E-state index in [9.17, 15) is 0 Å². The van der Waals surface area contributed by atoms with Crippen LogP contribution in [-0.4, -0.2) is 17.8 Å². The van der Waals surface area contributed by atoms with Crippen molar-refractivity contribution in [3.05, 3.63) is 47.5 Å². The van der Waals surface area contributed by atoms with E-state index in [0.717, 1.165) is 29.4 Å². The number of aliphatic imine (C=N–C) groups is 1. The average Bonchev–Trinajstić information content (AvgIpc) is 3.52. The highest BCUT2D eigenvalue weighted by molar-refractivity contribution is 6.02. The molecule has 4 heteroatoms. The van der Waals surface area contributed by atoms with Crippen LogP contribution in [0.1, 0.15) is 71.0 Å². The Morgan fingerprint density at radius 3 is 2.68 bits per heavy atom.